The Labute approximate surface area is 152 Å². The number of carbonyl (C=O) groups excluding carboxylic acids is 1. The van der Waals surface area contributed by atoms with Gasteiger partial charge in [0.25, 0.3) is 5.91 Å². The maximum atomic E-state index is 12.5. The normalized spacial score (nSPS) is 10.7. The van der Waals surface area contributed by atoms with Crippen molar-refractivity contribution in [2.24, 2.45) is 0 Å². The third kappa shape index (κ3) is 4.09. The third-order valence-corrected chi connectivity index (χ3v) is 4.33. The number of aromatic nitrogens is 2. The molecule has 3 rings (SSSR count). The molecule has 0 aliphatic rings. The Morgan fingerprint density at radius 2 is 1.76 bits per heavy atom. The summed E-state index contributed by atoms with van der Waals surface area (Å²) < 4.78 is 6.96. The first-order chi connectivity index (χ1) is 12.0. The highest BCUT2D eigenvalue weighted by Crippen LogP contribution is 2.19. The number of aryl methyl sites for hydroxylation is 1. The van der Waals surface area contributed by atoms with Gasteiger partial charge in [0.05, 0.1) is 5.69 Å². The van der Waals surface area contributed by atoms with Crippen LogP contribution in [-0.2, 0) is 6.42 Å². The second-order valence-corrected chi connectivity index (χ2v) is 6.30. The highest BCUT2D eigenvalue weighted by atomic mass is 35.5. The van der Waals surface area contributed by atoms with E-state index in [2.05, 4.69) is 17.2 Å². The van der Waals surface area contributed by atoms with Gasteiger partial charge in [-0.15, -0.1) is 0 Å². The van der Waals surface area contributed by atoms with Crippen molar-refractivity contribution in [2.45, 2.75) is 20.3 Å². The highest BCUT2D eigenvalue weighted by molar-refractivity contribution is 6.30. The van der Waals surface area contributed by atoms with Gasteiger partial charge < -0.3 is 4.74 Å². The molecular formula is C20H19ClN2O2. The third-order valence-electron chi connectivity index (χ3n) is 4.08. The smallest absolute Gasteiger partial charge is 0.284 e. The molecule has 0 amide bonds. The zero-order chi connectivity index (χ0) is 17.8. The van der Waals surface area contributed by atoms with Crippen LogP contribution in [-0.4, -0.2) is 22.3 Å². The van der Waals surface area contributed by atoms with Crippen molar-refractivity contribution in [1.82, 2.24) is 9.78 Å². The summed E-state index contributed by atoms with van der Waals surface area (Å²) in [5.41, 5.74) is 3.98. The molecule has 0 spiro atoms. The van der Waals surface area contributed by atoms with E-state index in [0.29, 0.717) is 10.8 Å². The maximum Gasteiger partial charge on any atom is 0.284 e. The molecule has 0 fully saturated rings. The maximum absolute atomic E-state index is 12.5. The quantitative estimate of drug-likeness (QED) is 0.679. The Morgan fingerprint density at radius 3 is 2.44 bits per heavy atom. The monoisotopic (exact) mass is 354 g/mol. The van der Waals surface area contributed by atoms with Crippen LogP contribution in [0.5, 0.6) is 5.75 Å². The highest BCUT2D eigenvalue weighted by Gasteiger charge is 2.17. The Hall–Kier alpha value is -2.59. The van der Waals surface area contributed by atoms with E-state index < -0.39 is 0 Å². The first-order valence-corrected chi connectivity index (χ1v) is 8.43. The lowest BCUT2D eigenvalue weighted by molar-refractivity contribution is 0.0818. The van der Waals surface area contributed by atoms with Crippen LogP contribution in [0.25, 0.3) is 0 Å². The lowest BCUT2D eigenvalue weighted by atomic mass is 10.0. The molecule has 0 aliphatic carbocycles. The number of hydrogen-bond donors (Lipinski definition) is 0. The second kappa shape index (κ2) is 7.53. The molecule has 2 aromatic carbocycles. The molecule has 0 saturated heterocycles. The van der Waals surface area contributed by atoms with E-state index in [9.17, 15) is 4.79 Å². The van der Waals surface area contributed by atoms with Gasteiger partial charge in [0.1, 0.15) is 5.75 Å². The van der Waals surface area contributed by atoms with Crippen molar-refractivity contribution in [1.29, 1.82) is 0 Å². The minimum Gasteiger partial charge on any atom is -0.484 e. The van der Waals surface area contributed by atoms with Crippen LogP contribution in [0.2, 0.25) is 5.02 Å². The fraction of sp³-hybridized carbons (Fsp3) is 0.200. The molecule has 1 heterocycles. The molecule has 0 unspecified atom stereocenters. The van der Waals surface area contributed by atoms with Crippen molar-refractivity contribution in [3.8, 4) is 5.75 Å². The van der Waals surface area contributed by atoms with E-state index in [-0.39, 0.29) is 12.5 Å². The lowest BCUT2D eigenvalue weighted by Gasteiger charge is -2.07. The molecule has 5 heteroatoms. The predicted molar refractivity (Wildman–Crippen MR) is 98.5 cm³/mol. The number of hydrogen-bond acceptors (Lipinski definition) is 3. The fourth-order valence-corrected chi connectivity index (χ4v) is 2.84. The molecule has 25 heavy (non-hydrogen) atoms. The van der Waals surface area contributed by atoms with Crippen molar-refractivity contribution in [3.63, 3.8) is 0 Å². The van der Waals surface area contributed by atoms with Crippen LogP contribution in [0, 0.1) is 13.8 Å². The van der Waals surface area contributed by atoms with Gasteiger partial charge in [0.2, 0.25) is 0 Å². The van der Waals surface area contributed by atoms with Crippen molar-refractivity contribution in [3.05, 3.63) is 82.1 Å². The predicted octanol–water partition coefficient (Wildman–Crippen LogP) is 4.46. The van der Waals surface area contributed by atoms with Crippen molar-refractivity contribution in [2.75, 3.05) is 6.61 Å². The van der Waals surface area contributed by atoms with Gasteiger partial charge in [-0.1, -0.05) is 41.9 Å². The summed E-state index contributed by atoms with van der Waals surface area (Å²) in [4.78, 5) is 12.5. The molecular weight excluding hydrogens is 336 g/mol. The average molecular weight is 355 g/mol. The second-order valence-electron chi connectivity index (χ2n) is 5.86. The Balaban J connectivity index is 1.72. The molecule has 0 saturated carbocycles. The number of rotatable bonds is 5. The number of carbonyl (C=O) groups is 1. The summed E-state index contributed by atoms with van der Waals surface area (Å²) in [5, 5.41) is 5.03. The zero-order valence-corrected chi connectivity index (χ0v) is 15.0. The number of nitrogens with zero attached hydrogens (tertiary/aromatic N) is 2. The van der Waals surface area contributed by atoms with E-state index in [0.717, 1.165) is 23.4 Å². The zero-order valence-electron chi connectivity index (χ0n) is 14.2. The molecule has 0 N–H and O–H groups in total. The minimum absolute atomic E-state index is 0.0750. The summed E-state index contributed by atoms with van der Waals surface area (Å²) in [6.07, 6.45) is 0.754. The Kier molecular flexibility index (Phi) is 5.19. The largest absolute Gasteiger partial charge is 0.484 e. The molecule has 0 atom stereocenters. The van der Waals surface area contributed by atoms with Crippen LogP contribution in [0.1, 0.15) is 27.3 Å². The summed E-state index contributed by atoms with van der Waals surface area (Å²) in [5.74, 6) is 0.402. The molecule has 3 aromatic rings. The van der Waals surface area contributed by atoms with Gasteiger partial charge >= 0.3 is 0 Å². The van der Waals surface area contributed by atoms with E-state index >= 15 is 0 Å². The topological polar surface area (TPSA) is 44.1 Å². The van der Waals surface area contributed by atoms with Gasteiger partial charge in [-0.25, -0.2) is 4.68 Å². The van der Waals surface area contributed by atoms with Crippen LogP contribution in [0.15, 0.2) is 54.6 Å². The summed E-state index contributed by atoms with van der Waals surface area (Å²) in [6, 6.07) is 17.1. The van der Waals surface area contributed by atoms with Crippen LogP contribution >= 0.6 is 11.6 Å². The lowest BCUT2D eigenvalue weighted by Crippen LogP contribution is -2.21. The number of halogens is 1. The number of ether oxygens (including phenoxy) is 1. The molecule has 4 nitrogen and oxygen atoms in total. The first-order valence-electron chi connectivity index (χ1n) is 8.05. The van der Waals surface area contributed by atoms with Crippen LogP contribution in [0.3, 0.4) is 0 Å². The van der Waals surface area contributed by atoms with Crippen LogP contribution < -0.4 is 4.74 Å². The van der Waals surface area contributed by atoms with E-state index in [1.807, 2.05) is 32.0 Å². The van der Waals surface area contributed by atoms with E-state index in [4.69, 9.17) is 16.3 Å². The molecule has 0 radical (unpaired) electrons. The van der Waals surface area contributed by atoms with Gasteiger partial charge in [-0.2, -0.15) is 5.10 Å². The average Bonchev–Trinajstić information content (AvgIpc) is 2.90. The summed E-state index contributed by atoms with van der Waals surface area (Å²) in [7, 11) is 0. The molecule has 1 aromatic heterocycles. The van der Waals surface area contributed by atoms with E-state index in [1.165, 1.54) is 10.2 Å². The van der Waals surface area contributed by atoms with Crippen molar-refractivity contribution >= 4 is 17.5 Å². The standard InChI is InChI=1S/C20H19ClN2O2/c1-14-19(12-16-6-4-3-5-7-16)15(2)23(22-14)20(24)13-25-18-10-8-17(21)9-11-18/h3-11H,12-13H2,1-2H3. The Morgan fingerprint density at radius 1 is 1.08 bits per heavy atom. The van der Waals surface area contributed by atoms with Crippen LogP contribution in [0.4, 0.5) is 0 Å². The molecule has 0 aliphatic heterocycles. The molecule has 128 valence electrons. The Bertz CT molecular complexity index is 871. The number of benzene rings is 2. The SMILES string of the molecule is Cc1nn(C(=O)COc2ccc(Cl)cc2)c(C)c1Cc1ccccc1. The van der Waals surface area contributed by atoms with Crippen molar-refractivity contribution < 1.29 is 9.53 Å². The minimum atomic E-state index is -0.199. The first kappa shape index (κ1) is 17.2. The summed E-state index contributed by atoms with van der Waals surface area (Å²) in [6.45, 7) is 3.77. The van der Waals surface area contributed by atoms with Gasteiger partial charge in [0.15, 0.2) is 6.61 Å². The summed E-state index contributed by atoms with van der Waals surface area (Å²) >= 11 is 5.84. The van der Waals surface area contributed by atoms with Gasteiger partial charge in [-0.05, 0) is 43.7 Å². The molecule has 0 bridgehead atoms. The van der Waals surface area contributed by atoms with E-state index in [1.54, 1.807) is 24.3 Å². The fourth-order valence-electron chi connectivity index (χ4n) is 2.71. The van der Waals surface area contributed by atoms with Gasteiger partial charge in [-0.3, -0.25) is 4.79 Å². The van der Waals surface area contributed by atoms with Gasteiger partial charge in [0, 0.05) is 22.7 Å².